The molecule has 0 aliphatic carbocycles. The smallest absolute Gasteiger partial charge is 0.207 e. The number of fused-ring (bicyclic) bond motifs is 1. The van der Waals surface area contributed by atoms with Gasteiger partial charge in [0.15, 0.2) is 0 Å². The Balaban J connectivity index is 2.93. The third-order valence-electron chi connectivity index (χ3n) is 2.73. The Labute approximate surface area is 103 Å². The summed E-state index contributed by atoms with van der Waals surface area (Å²) in [6.45, 7) is 0. The van der Waals surface area contributed by atoms with Crippen LogP contribution in [0.25, 0.3) is 10.8 Å². The van der Waals surface area contributed by atoms with Crippen LogP contribution in [0.4, 0.5) is 4.39 Å². The topological polar surface area (TPSA) is 71.4 Å². The molecule has 0 atom stereocenters. The van der Waals surface area contributed by atoms with Gasteiger partial charge in [0.1, 0.15) is 24.0 Å². The second-order valence-electron chi connectivity index (χ2n) is 3.76. The summed E-state index contributed by atoms with van der Waals surface area (Å²) in [4.78, 5) is 0. The van der Waals surface area contributed by atoms with E-state index >= 15 is 0 Å². The Bertz CT molecular complexity index is 708. The highest BCUT2D eigenvalue weighted by Crippen LogP contribution is 2.30. The summed E-state index contributed by atoms with van der Waals surface area (Å²) in [7, 11) is 0. The molecule has 84 valence electrons. The zero-order valence-electron chi connectivity index (χ0n) is 9.18. The van der Waals surface area contributed by atoms with E-state index in [1.54, 1.807) is 42.5 Å². The van der Waals surface area contributed by atoms with Crippen LogP contribution in [0.3, 0.4) is 0 Å². The van der Waals surface area contributed by atoms with E-state index in [1.807, 2.05) is 0 Å². The number of hydrogen-bond acceptors (Lipinski definition) is 3. The molecule has 0 aliphatic rings. The summed E-state index contributed by atoms with van der Waals surface area (Å²) in [6, 6.07) is 14.1. The molecule has 0 heterocycles. The first-order valence-corrected chi connectivity index (χ1v) is 5.09. The van der Waals surface area contributed by atoms with E-state index in [0.29, 0.717) is 10.8 Å². The standard InChI is InChI=1S/C14H6FN3/c15-11-5-10-3-1-2-4-12(10)13(6-11)14(7-16,8-17)9-18/h1-6H. The van der Waals surface area contributed by atoms with Crippen LogP contribution in [-0.4, -0.2) is 0 Å². The zero-order valence-corrected chi connectivity index (χ0v) is 9.18. The first-order valence-electron chi connectivity index (χ1n) is 5.09. The van der Waals surface area contributed by atoms with Crippen LogP contribution < -0.4 is 0 Å². The summed E-state index contributed by atoms with van der Waals surface area (Å²) < 4.78 is 13.5. The summed E-state index contributed by atoms with van der Waals surface area (Å²) in [5, 5.41) is 28.3. The molecular weight excluding hydrogens is 229 g/mol. The van der Waals surface area contributed by atoms with Crippen LogP contribution >= 0.6 is 0 Å². The first-order chi connectivity index (χ1) is 8.66. The highest BCUT2D eigenvalue weighted by atomic mass is 19.1. The van der Waals surface area contributed by atoms with E-state index in [9.17, 15) is 4.39 Å². The van der Waals surface area contributed by atoms with Crippen LogP contribution in [0, 0.1) is 39.8 Å². The van der Waals surface area contributed by atoms with Crippen LogP contribution in [0.2, 0.25) is 0 Å². The van der Waals surface area contributed by atoms with Crippen molar-refractivity contribution in [3.8, 4) is 18.2 Å². The second kappa shape index (κ2) is 4.17. The van der Waals surface area contributed by atoms with Gasteiger partial charge in [0.05, 0.1) is 0 Å². The molecule has 0 fully saturated rings. The van der Waals surface area contributed by atoms with Gasteiger partial charge in [0.2, 0.25) is 0 Å². The van der Waals surface area contributed by atoms with E-state index in [4.69, 9.17) is 15.8 Å². The van der Waals surface area contributed by atoms with Crippen molar-refractivity contribution in [2.75, 3.05) is 0 Å². The third kappa shape index (κ3) is 1.56. The predicted octanol–water partition coefficient (Wildman–Crippen LogP) is 2.79. The van der Waals surface area contributed by atoms with Crippen molar-refractivity contribution in [3.63, 3.8) is 0 Å². The summed E-state index contributed by atoms with van der Waals surface area (Å²) in [6.07, 6.45) is 0. The average Bonchev–Trinajstić information content (AvgIpc) is 2.41. The van der Waals surface area contributed by atoms with Gasteiger partial charge < -0.3 is 0 Å². The molecular formula is C14H6FN3. The van der Waals surface area contributed by atoms with E-state index < -0.39 is 11.2 Å². The minimum Gasteiger partial charge on any atom is -0.207 e. The molecule has 3 nitrogen and oxygen atoms in total. The molecule has 0 unspecified atom stereocenters. The fraction of sp³-hybridized carbons (Fsp3) is 0.0714. The Kier molecular flexibility index (Phi) is 2.68. The molecule has 0 saturated carbocycles. The number of rotatable bonds is 1. The van der Waals surface area contributed by atoms with Crippen molar-refractivity contribution in [2.24, 2.45) is 0 Å². The minimum absolute atomic E-state index is 0.0885. The molecule has 0 radical (unpaired) electrons. The second-order valence-corrected chi connectivity index (χ2v) is 3.76. The normalized spacial score (nSPS) is 10.3. The van der Waals surface area contributed by atoms with Crippen molar-refractivity contribution in [2.45, 2.75) is 5.41 Å². The van der Waals surface area contributed by atoms with E-state index in [0.717, 1.165) is 6.07 Å². The maximum atomic E-state index is 13.5. The van der Waals surface area contributed by atoms with Gasteiger partial charge in [-0.1, -0.05) is 24.3 Å². The summed E-state index contributed by atoms with van der Waals surface area (Å²) in [5.74, 6) is -0.575. The largest absolute Gasteiger partial charge is 0.254 e. The SMILES string of the molecule is N#CC(C#N)(C#N)c1cc(F)cc2ccccc12. The fourth-order valence-corrected chi connectivity index (χ4v) is 1.84. The highest BCUT2D eigenvalue weighted by molar-refractivity contribution is 5.88. The summed E-state index contributed by atoms with van der Waals surface area (Å²) >= 11 is 0. The van der Waals surface area contributed by atoms with Gasteiger partial charge >= 0.3 is 0 Å². The number of benzene rings is 2. The highest BCUT2D eigenvalue weighted by Gasteiger charge is 2.34. The Hall–Kier alpha value is -2.90. The predicted molar refractivity (Wildman–Crippen MR) is 62.4 cm³/mol. The Morgan fingerprint density at radius 1 is 0.944 bits per heavy atom. The number of hydrogen-bond donors (Lipinski definition) is 0. The first kappa shape index (κ1) is 11.6. The van der Waals surface area contributed by atoms with Gasteiger partial charge in [0, 0.05) is 5.56 Å². The van der Waals surface area contributed by atoms with Crippen LogP contribution in [0.15, 0.2) is 36.4 Å². The number of halogens is 1. The lowest BCUT2D eigenvalue weighted by Crippen LogP contribution is -2.19. The molecule has 0 aliphatic heterocycles. The van der Waals surface area contributed by atoms with Gasteiger partial charge in [0.25, 0.3) is 5.41 Å². The van der Waals surface area contributed by atoms with E-state index in [1.165, 1.54) is 6.07 Å². The molecule has 0 aromatic heterocycles. The van der Waals surface area contributed by atoms with Crippen molar-refractivity contribution >= 4 is 10.8 Å². The van der Waals surface area contributed by atoms with Crippen LogP contribution in [0.5, 0.6) is 0 Å². The Morgan fingerprint density at radius 2 is 1.56 bits per heavy atom. The average molecular weight is 235 g/mol. The lowest BCUT2D eigenvalue weighted by molar-refractivity contribution is 0.626. The molecule has 2 rings (SSSR count). The lowest BCUT2D eigenvalue weighted by atomic mass is 9.82. The van der Waals surface area contributed by atoms with E-state index in [2.05, 4.69) is 0 Å². The van der Waals surface area contributed by atoms with Crippen molar-refractivity contribution in [1.82, 2.24) is 0 Å². The third-order valence-corrected chi connectivity index (χ3v) is 2.73. The van der Waals surface area contributed by atoms with E-state index in [-0.39, 0.29) is 5.56 Å². The minimum atomic E-state index is -1.98. The molecule has 0 bridgehead atoms. The fourth-order valence-electron chi connectivity index (χ4n) is 1.84. The quantitative estimate of drug-likeness (QED) is 0.762. The van der Waals surface area contributed by atoms with Gasteiger partial charge in [-0.15, -0.1) is 0 Å². The van der Waals surface area contributed by atoms with Crippen molar-refractivity contribution < 1.29 is 4.39 Å². The van der Waals surface area contributed by atoms with Crippen molar-refractivity contribution in [1.29, 1.82) is 15.8 Å². The monoisotopic (exact) mass is 235 g/mol. The lowest BCUT2D eigenvalue weighted by Gasteiger charge is -2.13. The molecule has 18 heavy (non-hydrogen) atoms. The molecule has 0 N–H and O–H groups in total. The van der Waals surface area contributed by atoms with Crippen LogP contribution in [0.1, 0.15) is 5.56 Å². The van der Waals surface area contributed by atoms with Gasteiger partial charge in [-0.3, -0.25) is 0 Å². The maximum Gasteiger partial charge on any atom is 0.254 e. The molecule has 0 spiro atoms. The number of nitriles is 3. The van der Waals surface area contributed by atoms with Crippen molar-refractivity contribution in [3.05, 3.63) is 47.8 Å². The zero-order chi connectivity index (χ0) is 13.2. The van der Waals surface area contributed by atoms with Crippen LogP contribution in [-0.2, 0) is 5.41 Å². The molecule has 0 amide bonds. The number of nitrogens with zero attached hydrogens (tertiary/aromatic N) is 3. The summed E-state index contributed by atoms with van der Waals surface area (Å²) in [5.41, 5.74) is -1.90. The molecule has 2 aromatic carbocycles. The Morgan fingerprint density at radius 3 is 2.17 bits per heavy atom. The van der Waals surface area contributed by atoms with Gasteiger partial charge in [-0.25, -0.2) is 4.39 Å². The van der Waals surface area contributed by atoms with Gasteiger partial charge in [-0.2, -0.15) is 15.8 Å². The van der Waals surface area contributed by atoms with Gasteiger partial charge in [-0.05, 0) is 22.9 Å². The maximum absolute atomic E-state index is 13.5. The molecule has 0 saturated heterocycles. The molecule has 4 heteroatoms. The molecule has 2 aromatic rings.